The van der Waals surface area contributed by atoms with Crippen LogP contribution in [0.25, 0.3) is 0 Å². The van der Waals surface area contributed by atoms with Gasteiger partial charge in [-0.2, -0.15) is 0 Å². The molecule has 2 atom stereocenters. The third-order valence-electron chi connectivity index (χ3n) is 3.96. The van der Waals surface area contributed by atoms with Crippen LogP contribution < -0.4 is 5.32 Å². The number of carboxylic acids is 1. The van der Waals surface area contributed by atoms with E-state index in [2.05, 4.69) is 20.8 Å². The summed E-state index contributed by atoms with van der Waals surface area (Å²) in [7, 11) is 3.23. The summed E-state index contributed by atoms with van der Waals surface area (Å²) in [5.41, 5.74) is 0.603. The number of ether oxygens (including phenoxy) is 1. The van der Waals surface area contributed by atoms with Crippen molar-refractivity contribution in [3.05, 3.63) is 11.3 Å². The number of carbonyl (C=O) groups is 3. The van der Waals surface area contributed by atoms with Gasteiger partial charge in [-0.15, -0.1) is 28.6 Å². The van der Waals surface area contributed by atoms with Gasteiger partial charge in [0.2, 0.25) is 11.1 Å². The van der Waals surface area contributed by atoms with Crippen molar-refractivity contribution in [1.82, 2.24) is 30.4 Å². The van der Waals surface area contributed by atoms with Crippen molar-refractivity contribution in [1.29, 1.82) is 0 Å². The number of tetrazole rings is 1. The molecule has 2 aliphatic heterocycles. The van der Waals surface area contributed by atoms with Gasteiger partial charge in [0, 0.05) is 25.7 Å². The fourth-order valence-electron chi connectivity index (χ4n) is 2.72. The zero-order valence-electron chi connectivity index (χ0n) is 15.0. The molecule has 15 heteroatoms. The van der Waals surface area contributed by atoms with Gasteiger partial charge in [-0.05, 0) is 16.0 Å². The van der Waals surface area contributed by atoms with Gasteiger partial charge in [-0.3, -0.25) is 14.5 Å². The average molecular weight is 471 g/mol. The van der Waals surface area contributed by atoms with Gasteiger partial charge in [0.05, 0.1) is 11.7 Å². The zero-order valence-corrected chi connectivity index (χ0v) is 17.5. The number of thioether (sulfide) groups is 3. The molecular formula is C14H19N6NaO5S3. The predicted molar refractivity (Wildman–Crippen MR) is 111 cm³/mol. The average Bonchev–Trinajstić information content (AvgIpc) is 3.08. The maximum atomic E-state index is 12.5. The van der Waals surface area contributed by atoms with Gasteiger partial charge in [0.15, 0.2) is 0 Å². The first kappa shape index (κ1) is 24.5. The van der Waals surface area contributed by atoms with Crippen molar-refractivity contribution in [2.75, 3.05) is 30.3 Å². The molecule has 0 aliphatic carbocycles. The van der Waals surface area contributed by atoms with Crippen molar-refractivity contribution in [2.24, 2.45) is 7.05 Å². The van der Waals surface area contributed by atoms with Gasteiger partial charge in [0.25, 0.3) is 5.91 Å². The van der Waals surface area contributed by atoms with Crippen molar-refractivity contribution < 1.29 is 24.2 Å². The second-order valence-electron chi connectivity index (χ2n) is 5.84. The summed E-state index contributed by atoms with van der Waals surface area (Å²) < 4.78 is 6.36. The minimum atomic E-state index is -1.16. The Kier molecular flexibility index (Phi) is 9.31. The number of methoxy groups -OCH3 is 1. The number of aromatic nitrogens is 4. The van der Waals surface area contributed by atoms with E-state index in [0.717, 1.165) is 0 Å². The number of hydrogen-bond acceptors (Lipinski definition) is 10. The molecule has 2 unspecified atom stereocenters. The fourth-order valence-corrected chi connectivity index (χ4v) is 5.58. The molecular weight excluding hydrogens is 451 g/mol. The van der Waals surface area contributed by atoms with Gasteiger partial charge in [0.1, 0.15) is 17.1 Å². The molecule has 2 aliphatic rings. The summed E-state index contributed by atoms with van der Waals surface area (Å²) in [6.45, 7) is 0. The first-order valence-electron chi connectivity index (χ1n) is 8.05. The number of aryl methyl sites for hydroxylation is 1. The topological polar surface area (TPSA) is 140 Å². The Hall–Kier alpha value is -0.770. The monoisotopic (exact) mass is 470 g/mol. The van der Waals surface area contributed by atoms with E-state index in [-0.39, 0.29) is 46.9 Å². The SMILES string of the molecule is COCSCC(=O)NC1C(=O)N2C(C(=O)O)=C(CSc3nnnn3C)CSC12.[NaH]. The third-order valence-corrected chi connectivity index (χ3v) is 7.26. The molecule has 2 N–H and O–H groups in total. The van der Waals surface area contributed by atoms with Crippen LogP contribution in [0.5, 0.6) is 0 Å². The molecule has 2 amide bonds. The second-order valence-corrected chi connectivity index (χ2v) is 8.82. The van der Waals surface area contributed by atoms with Gasteiger partial charge < -0.3 is 15.2 Å². The van der Waals surface area contributed by atoms with E-state index < -0.39 is 23.3 Å². The Balaban J connectivity index is 0.00000300. The summed E-state index contributed by atoms with van der Waals surface area (Å²) in [5.74, 6) is -0.511. The first-order chi connectivity index (χ1) is 13.4. The van der Waals surface area contributed by atoms with E-state index in [4.69, 9.17) is 4.74 Å². The normalized spacial score (nSPS) is 20.6. The van der Waals surface area contributed by atoms with Gasteiger partial charge in [-0.1, -0.05) is 11.8 Å². The molecule has 0 aromatic carbocycles. The summed E-state index contributed by atoms with van der Waals surface area (Å²) in [6.07, 6.45) is 0. The van der Waals surface area contributed by atoms with Crippen LogP contribution in [0.15, 0.2) is 16.4 Å². The van der Waals surface area contributed by atoms with Crippen LogP contribution >= 0.6 is 35.3 Å². The molecule has 0 saturated carbocycles. The van der Waals surface area contributed by atoms with Crippen LogP contribution in [0.4, 0.5) is 0 Å². The van der Waals surface area contributed by atoms with E-state index in [0.29, 0.717) is 28.2 Å². The maximum absolute atomic E-state index is 12.5. The number of rotatable bonds is 9. The molecule has 0 radical (unpaired) electrons. The summed E-state index contributed by atoms with van der Waals surface area (Å²) in [4.78, 5) is 37.6. The van der Waals surface area contributed by atoms with Crippen molar-refractivity contribution in [3.63, 3.8) is 0 Å². The summed E-state index contributed by atoms with van der Waals surface area (Å²) >= 11 is 4.02. The zero-order chi connectivity index (χ0) is 20.3. The number of nitrogens with zero attached hydrogens (tertiary/aromatic N) is 5. The van der Waals surface area contributed by atoms with E-state index in [9.17, 15) is 19.5 Å². The Labute approximate surface area is 201 Å². The number of β-lactam (4-membered cyclic amide) rings is 1. The molecule has 1 aromatic rings. The molecule has 1 aromatic heterocycles. The van der Waals surface area contributed by atoms with Crippen molar-refractivity contribution in [3.8, 4) is 0 Å². The second kappa shape index (κ2) is 11.0. The van der Waals surface area contributed by atoms with Gasteiger partial charge >= 0.3 is 35.5 Å². The fraction of sp³-hybridized carbons (Fsp3) is 0.571. The third kappa shape index (κ3) is 5.48. The van der Waals surface area contributed by atoms with E-state index in [1.807, 2.05) is 0 Å². The Morgan fingerprint density at radius 2 is 2.21 bits per heavy atom. The number of aliphatic carboxylic acids is 1. The molecule has 3 heterocycles. The van der Waals surface area contributed by atoms with E-state index >= 15 is 0 Å². The van der Waals surface area contributed by atoms with Crippen molar-refractivity contribution >= 4 is 82.6 Å². The van der Waals surface area contributed by atoms with E-state index in [1.165, 1.54) is 52.0 Å². The molecule has 1 saturated heterocycles. The number of hydrogen-bond donors (Lipinski definition) is 2. The summed E-state index contributed by atoms with van der Waals surface area (Å²) in [5, 5.41) is 23.6. The molecule has 0 bridgehead atoms. The number of carbonyl (C=O) groups excluding carboxylic acids is 2. The van der Waals surface area contributed by atoms with Crippen LogP contribution in [-0.4, -0.2) is 119 Å². The molecule has 154 valence electrons. The number of amides is 2. The van der Waals surface area contributed by atoms with Crippen LogP contribution in [-0.2, 0) is 26.2 Å². The first-order valence-corrected chi connectivity index (χ1v) is 11.2. The van der Waals surface area contributed by atoms with Crippen molar-refractivity contribution in [2.45, 2.75) is 16.6 Å². The predicted octanol–water partition coefficient (Wildman–Crippen LogP) is -1.27. The molecule has 3 rings (SSSR count). The Bertz CT molecular complexity index is 821. The minimum absolute atomic E-state index is 0. The number of nitrogens with one attached hydrogen (secondary N) is 1. The molecule has 0 spiro atoms. The quantitative estimate of drug-likeness (QED) is 0.147. The Morgan fingerprint density at radius 1 is 1.45 bits per heavy atom. The molecule has 11 nitrogen and oxygen atoms in total. The van der Waals surface area contributed by atoms with Crippen LogP contribution in [0, 0.1) is 0 Å². The van der Waals surface area contributed by atoms with Crippen LogP contribution in [0.1, 0.15) is 0 Å². The summed E-state index contributed by atoms with van der Waals surface area (Å²) in [6, 6.07) is -0.716. The van der Waals surface area contributed by atoms with Crippen LogP contribution in [0.2, 0.25) is 0 Å². The molecule has 29 heavy (non-hydrogen) atoms. The number of carboxylic acid groups (broad SMARTS) is 1. The van der Waals surface area contributed by atoms with Crippen LogP contribution in [0.3, 0.4) is 0 Å². The molecule has 1 fully saturated rings. The standard InChI is InChI=1S/C14H18N6O5S3.Na.H/c1-19-14(16-17-18-19)28-4-7-3-27-12-9(15-8(21)5-26-6-25-2)11(22)20(12)10(7)13(23)24;;/h9,12H,3-6H2,1-2H3,(H,15,21)(H,23,24);;. The Morgan fingerprint density at radius 3 is 2.83 bits per heavy atom. The van der Waals surface area contributed by atoms with Gasteiger partial charge in [-0.25, -0.2) is 9.48 Å². The van der Waals surface area contributed by atoms with E-state index in [1.54, 1.807) is 7.05 Å². The number of fused-ring (bicyclic) bond motifs is 1.